The number of hydrogen-bond donors (Lipinski definition) is 2. The lowest BCUT2D eigenvalue weighted by Crippen LogP contribution is -2.29. The summed E-state index contributed by atoms with van der Waals surface area (Å²) in [5.41, 5.74) is -0.420. The highest BCUT2D eigenvalue weighted by Gasteiger charge is 2.21. The molecule has 4 nitrogen and oxygen atoms in total. The summed E-state index contributed by atoms with van der Waals surface area (Å²) >= 11 is 5.96. The van der Waals surface area contributed by atoms with Crippen molar-refractivity contribution in [1.29, 1.82) is 0 Å². The van der Waals surface area contributed by atoms with Crippen molar-refractivity contribution in [1.82, 2.24) is 5.32 Å². The zero-order valence-electron chi connectivity index (χ0n) is 12.1. The molecule has 23 heavy (non-hydrogen) atoms. The number of rotatable bonds is 5. The zero-order valence-corrected chi connectivity index (χ0v) is 12.9. The molecule has 2 aromatic carbocycles. The number of amides is 1. The standard InChI is InChI=1S/C16H14ClF2NO3/c1-23-13-7-2-4-9(17)14(13)16(22)20-8-12(21)15-10(18)5-3-6-11(15)19/h2-7,12,21H,8H2,1H3,(H,20,22). The van der Waals surface area contributed by atoms with Crippen LogP contribution in [0.3, 0.4) is 0 Å². The monoisotopic (exact) mass is 341 g/mol. The van der Waals surface area contributed by atoms with E-state index in [2.05, 4.69) is 5.32 Å². The van der Waals surface area contributed by atoms with Gasteiger partial charge in [-0.2, -0.15) is 0 Å². The van der Waals surface area contributed by atoms with E-state index in [9.17, 15) is 18.7 Å². The minimum Gasteiger partial charge on any atom is -0.496 e. The number of methoxy groups -OCH3 is 1. The van der Waals surface area contributed by atoms with Gasteiger partial charge in [-0.15, -0.1) is 0 Å². The van der Waals surface area contributed by atoms with Crippen molar-refractivity contribution in [3.8, 4) is 5.75 Å². The van der Waals surface area contributed by atoms with Crippen LogP contribution < -0.4 is 10.1 Å². The SMILES string of the molecule is COc1cccc(Cl)c1C(=O)NCC(O)c1c(F)cccc1F. The van der Waals surface area contributed by atoms with Gasteiger partial charge in [-0.25, -0.2) is 8.78 Å². The number of carbonyl (C=O) groups excluding carboxylic acids is 1. The van der Waals surface area contributed by atoms with Crippen molar-refractivity contribution in [3.63, 3.8) is 0 Å². The van der Waals surface area contributed by atoms with E-state index in [1.807, 2.05) is 0 Å². The van der Waals surface area contributed by atoms with Crippen molar-refractivity contribution >= 4 is 17.5 Å². The highest BCUT2D eigenvalue weighted by atomic mass is 35.5. The van der Waals surface area contributed by atoms with Crippen LogP contribution in [-0.4, -0.2) is 24.7 Å². The molecule has 7 heteroatoms. The van der Waals surface area contributed by atoms with Crippen LogP contribution >= 0.6 is 11.6 Å². The van der Waals surface area contributed by atoms with Crippen molar-refractivity contribution in [3.05, 3.63) is 64.2 Å². The zero-order chi connectivity index (χ0) is 17.0. The maximum Gasteiger partial charge on any atom is 0.256 e. The summed E-state index contributed by atoms with van der Waals surface area (Å²) in [6, 6.07) is 7.91. The lowest BCUT2D eigenvalue weighted by atomic mass is 10.1. The molecule has 0 fully saturated rings. The van der Waals surface area contributed by atoms with Gasteiger partial charge in [0.15, 0.2) is 0 Å². The van der Waals surface area contributed by atoms with Crippen molar-refractivity contribution in [2.24, 2.45) is 0 Å². The molecular weight excluding hydrogens is 328 g/mol. The van der Waals surface area contributed by atoms with E-state index in [0.717, 1.165) is 12.1 Å². The van der Waals surface area contributed by atoms with Gasteiger partial charge in [-0.05, 0) is 24.3 Å². The van der Waals surface area contributed by atoms with E-state index in [1.54, 1.807) is 12.1 Å². The molecule has 0 spiro atoms. The molecule has 0 aliphatic carbocycles. The van der Waals surface area contributed by atoms with Crippen LogP contribution in [0.15, 0.2) is 36.4 Å². The topological polar surface area (TPSA) is 58.6 Å². The number of nitrogens with one attached hydrogen (secondary N) is 1. The van der Waals surface area contributed by atoms with Gasteiger partial charge in [0.05, 0.1) is 23.3 Å². The Bertz CT molecular complexity index is 704. The molecule has 1 unspecified atom stereocenters. The first-order valence-electron chi connectivity index (χ1n) is 6.68. The second kappa shape index (κ2) is 7.39. The molecule has 2 aromatic rings. The molecule has 1 amide bonds. The predicted octanol–water partition coefficient (Wildman–Crippen LogP) is 3.09. The van der Waals surface area contributed by atoms with E-state index in [1.165, 1.54) is 19.2 Å². The first-order chi connectivity index (χ1) is 11.0. The summed E-state index contributed by atoms with van der Waals surface area (Å²) in [5.74, 6) is -2.14. The average Bonchev–Trinajstić information content (AvgIpc) is 2.52. The molecule has 122 valence electrons. The van der Waals surface area contributed by atoms with Gasteiger partial charge < -0.3 is 15.2 Å². The summed E-state index contributed by atoms with van der Waals surface area (Å²) in [6.07, 6.45) is -1.53. The van der Waals surface area contributed by atoms with Gasteiger partial charge in [0, 0.05) is 6.54 Å². The van der Waals surface area contributed by atoms with Gasteiger partial charge in [0.25, 0.3) is 5.91 Å². The molecular formula is C16H14ClF2NO3. The van der Waals surface area contributed by atoms with Crippen LogP contribution in [-0.2, 0) is 0 Å². The van der Waals surface area contributed by atoms with Crippen LogP contribution in [0.2, 0.25) is 5.02 Å². The Hall–Kier alpha value is -2.18. The molecule has 0 saturated heterocycles. The Morgan fingerprint density at radius 2 is 1.87 bits per heavy atom. The fourth-order valence-electron chi connectivity index (χ4n) is 2.10. The van der Waals surface area contributed by atoms with Crippen LogP contribution in [0.25, 0.3) is 0 Å². The minimum atomic E-state index is -1.53. The number of aliphatic hydroxyl groups is 1. The Morgan fingerprint density at radius 3 is 2.48 bits per heavy atom. The number of aliphatic hydroxyl groups excluding tert-OH is 1. The highest BCUT2D eigenvalue weighted by molar-refractivity contribution is 6.34. The Kier molecular flexibility index (Phi) is 5.52. The van der Waals surface area contributed by atoms with E-state index in [0.29, 0.717) is 0 Å². The maximum absolute atomic E-state index is 13.6. The number of benzene rings is 2. The predicted molar refractivity (Wildman–Crippen MR) is 81.7 cm³/mol. The Morgan fingerprint density at radius 1 is 1.26 bits per heavy atom. The fraction of sp³-hybridized carbons (Fsp3) is 0.188. The van der Waals surface area contributed by atoms with E-state index in [4.69, 9.17) is 16.3 Å². The minimum absolute atomic E-state index is 0.0814. The maximum atomic E-state index is 13.6. The van der Waals surface area contributed by atoms with E-state index < -0.39 is 29.2 Å². The number of halogens is 3. The summed E-state index contributed by atoms with van der Waals surface area (Å²) < 4.78 is 32.2. The third-order valence-electron chi connectivity index (χ3n) is 3.21. The first-order valence-corrected chi connectivity index (χ1v) is 7.06. The van der Waals surface area contributed by atoms with Crippen molar-refractivity contribution in [2.75, 3.05) is 13.7 Å². The molecule has 2 rings (SSSR count). The second-order valence-corrected chi connectivity index (χ2v) is 5.09. The number of hydrogen-bond acceptors (Lipinski definition) is 3. The average molecular weight is 342 g/mol. The quantitative estimate of drug-likeness (QED) is 0.878. The third-order valence-corrected chi connectivity index (χ3v) is 3.53. The largest absolute Gasteiger partial charge is 0.496 e. The van der Waals surface area contributed by atoms with E-state index in [-0.39, 0.29) is 22.9 Å². The second-order valence-electron chi connectivity index (χ2n) is 4.68. The van der Waals surface area contributed by atoms with Gasteiger partial charge >= 0.3 is 0 Å². The third kappa shape index (κ3) is 3.78. The van der Waals surface area contributed by atoms with Gasteiger partial charge in [0.2, 0.25) is 0 Å². The molecule has 0 saturated carbocycles. The van der Waals surface area contributed by atoms with Crippen molar-refractivity contribution in [2.45, 2.75) is 6.10 Å². The summed E-state index contributed by atoms with van der Waals surface area (Å²) in [6.45, 7) is -0.384. The molecule has 0 aromatic heterocycles. The molecule has 0 aliphatic rings. The number of ether oxygens (including phenoxy) is 1. The van der Waals surface area contributed by atoms with Gasteiger partial charge in [0.1, 0.15) is 23.5 Å². The molecule has 0 bridgehead atoms. The molecule has 0 radical (unpaired) electrons. The van der Waals surface area contributed by atoms with Crippen LogP contribution in [0.1, 0.15) is 22.0 Å². The van der Waals surface area contributed by atoms with Crippen LogP contribution in [0.5, 0.6) is 5.75 Å². The van der Waals surface area contributed by atoms with Gasteiger partial charge in [-0.3, -0.25) is 4.79 Å². The fourth-order valence-corrected chi connectivity index (χ4v) is 2.36. The Balaban J connectivity index is 2.14. The number of carbonyl (C=O) groups is 1. The van der Waals surface area contributed by atoms with Gasteiger partial charge in [-0.1, -0.05) is 23.7 Å². The van der Waals surface area contributed by atoms with Crippen molar-refractivity contribution < 1.29 is 23.4 Å². The normalized spacial score (nSPS) is 11.9. The first kappa shape index (κ1) is 17.2. The molecule has 2 N–H and O–H groups in total. The lowest BCUT2D eigenvalue weighted by Gasteiger charge is -2.15. The van der Waals surface area contributed by atoms with Crippen LogP contribution in [0, 0.1) is 11.6 Å². The molecule has 0 aliphatic heterocycles. The lowest BCUT2D eigenvalue weighted by molar-refractivity contribution is 0.0908. The van der Waals surface area contributed by atoms with Crippen LogP contribution in [0.4, 0.5) is 8.78 Å². The Labute approximate surface area is 136 Å². The summed E-state index contributed by atoms with van der Waals surface area (Å²) in [5, 5.41) is 12.5. The molecule has 1 atom stereocenters. The summed E-state index contributed by atoms with van der Waals surface area (Å²) in [4.78, 5) is 12.2. The smallest absolute Gasteiger partial charge is 0.256 e. The van der Waals surface area contributed by atoms with E-state index >= 15 is 0 Å². The molecule has 0 heterocycles. The summed E-state index contributed by atoms with van der Waals surface area (Å²) in [7, 11) is 1.38. The highest BCUT2D eigenvalue weighted by Crippen LogP contribution is 2.26.